The fourth-order valence-corrected chi connectivity index (χ4v) is 6.17. The summed E-state index contributed by atoms with van der Waals surface area (Å²) in [5, 5.41) is 10.4. The van der Waals surface area contributed by atoms with E-state index >= 15 is 0 Å². The molecular weight excluding hydrogens is 571 g/mol. The smallest absolute Gasteiger partial charge is 0.410 e. The van der Waals surface area contributed by atoms with E-state index in [-0.39, 0.29) is 46.4 Å². The topological polar surface area (TPSA) is 87.2 Å². The normalized spacial score (nSPS) is 13.1. The monoisotopic (exact) mass is 606 g/mol. The Morgan fingerprint density at radius 3 is 2.18 bits per heavy atom. The van der Waals surface area contributed by atoms with Gasteiger partial charge in [0, 0.05) is 37.1 Å². The summed E-state index contributed by atoms with van der Waals surface area (Å²) in [6.45, 7) is 12.1. The first-order valence-corrected chi connectivity index (χ1v) is 15.1. The quantitative estimate of drug-likeness (QED) is 0.274. The predicted molar refractivity (Wildman–Crippen MR) is 154 cm³/mol. The number of carbonyl (C=O) groups excluding carboxylic acids is 1. The van der Waals surface area contributed by atoms with Gasteiger partial charge in [0.25, 0.3) is 0 Å². The lowest BCUT2D eigenvalue weighted by atomic mass is 10.1. The van der Waals surface area contributed by atoms with E-state index in [4.69, 9.17) is 39.5 Å². The number of phenols is 1. The lowest BCUT2D eigenvalue weighted by Crippen LogP contribution is -2.39. The first kappa shape index (κ1) is 32.5. The van der Waals surface area contributed by atoms with Crippen molar-refractivity contribution in [3.8, 4) is 5.75 Å². The Morgan fingerprint density at radius 2 is 1.63 bits per heavy atom. The van der Waals surface area contributed by atoms with Crippen LogP contribution in [0.4, 0.5) is 4.79 Å². The van der Waals surface area contributed by atoms with Gasteiger partial charge in [0.05, 0.1) is 5.02 Å². The van der Waals surface area contributed by atoms with Crippen LogP contribution in [0.25, 0.3) is 0 Å². The fourth-order valence-electron chi connectivity index (χ4n) is 3.74. The Morgan fingerprint density at radius 1 is 1.03 bits per heavy atom. The second kappa shape index (κ2) is 13.6. The summed E-state index contributed by atoms with van der Waals surface area (Å²) in [4.78, 5) is 14.2. The van der Waals surface area contributed by atoms with E-state index in [0.29, 0.717) is 18.0 Å². The molecule has 2 rings (SSSR count). The highest BCUT2D eigenvalue weighted by Gasteiger charge is 2.30. The molecule has 0 saturated carbocycles. The third-order valence-corrected chi connectivity index (χ3v) is 8.21. The molecule has 0 aromatic heterocycles. The highest BCUT2D eigenvalue weighted by atomic mass is 35.5. The maximum absolute atomic E-state index is 13.6. The number of carbonyl (C=O) groups is 1. The molecule has 1 atom stereocenters. The van der Waals surface area contributed by atoms with Crippen LogP contribution in [-0.4, -0.2) is 53.4 Å². The van der Waals surface area contributed by atoms with Crippen molar-refractivity contribution in [3.63, 3.8) is 0 Å². The number of hydrogen-bond acceptors (Lipinski definition) is 5. The average molecular weight is 608 g/mol. The molecule has 0 aliphatic heterocycles. The SMILES string of the molecule is CC(C)CN(Cc1cccc(CN(CC(C)CCl)C(=O)OC(C)(C)C)c1)S(=O)(=O)c1cc(Cl)cc(Cl)c1O. The summed E-state index contributed by atoms with van der Waals surface area (Å²) in [5.74, 6) is -0.0949. The molecule has 0 spiro atoms. The molecule has 0 aliphatic rings. The first-order valence-electron chi connectivity index (χ1n) is 12.3. The number of nitrogens with zero attached hydrogens (tertiary/aromatic N) is 2. The number of halogens is 3. The largest absolute Gasteiger partial charge is 0.505 e. The summed E-state index contributed by atoms with van der Waals surface area (Å²) in [7, 11) is -4.14. The number of phenolic OH excluding ortho intramolecular Hbond substituents is 1. The predicted octanol–water partition coefficient (Wildman–Crippen LogP) is 7.16. The second-order valence-electron chi connectivity index (χ2n) is 10.9. The zero-order valence-electron chi connectivity index (χ0n) is 22.7. The van der Waals surface area contributed by atoms with Crippen molar-refractivity contribution in [2.75, 3.05) is 19.0 Å². The minimum atomic E-state index is -4.14. The van der Waals surface area contributed by atoms with E-state index in [1.165, 1.54) is 16.4 Å². The van der Waals surface area contributed by atoms with E-state index in [1.807, 2.05) is 65.8 Å². The lowest BCUT2D eigenvalue weighted by Gasteiger charge is -2.29. The van der Waals surface area contributed by atoms with E-state index in [2.05, 4.69) is 0 Å². The summed E-state index contributed by atoms with van der Waals surface area (Å²) in [6, 6.07) is 9.84. The molecule has 0 heterocycles. The van der Waals surface area contributed by atoms with Crippen LogP contribution in [-0.2, 0) is 27.8 Å². The van der Waals surface area contributed by atoms with Crippen molar-refractivity contribution in [3.05, 3.63) is 57.6 Å². The molecule has 38 heavy (non-hydrogen) atoms. The number of sulfonamides is 1. The van der Waals surface area contributed by atoms with Crippen molar-refractivity contribution in [1.82, 2.24) is 9.21 Å². The van der Waals surface area contributed by atoms with Crippen LogP contribution in [0, 0.1) is 11.8 Å². The van der Waals surface area contributed by atoms with Crippen LogP contribution in [0.15, 0.2) is 41.3 Å². The van der Waals surface area contributed by atoms with Gasteiger partial charge in [-0.3, -0.25) is 0 Å². The van der Waals surface area contributed by atoms with Gasteiger partial charge in [0.2, 0.25) is 10.0 Å². The molecule has 0 fully saturated rings. The summed E-state index contributed by atoms with van der Waals surface area (Å²) >= 11 is 18.1. The van der Waals surface area contributed by atoms with Crippen molar-refractivity contribution in [2.24, 2.45) is 11.8 Å². The summed E-state index contributed by atoms with van der Waals surface area (Å²) in [6.07, 6.45) is -0.447. The molecule has 0 radical (unpaired) electrons. The molecule has 11 heteroatoms. The van der Waals surface area contributed by atoms with Crippen LogP contribution in [0.1, 0.15) is 52.7 Å². The molecule has 212 valence electrons. The van der Waals surface area contributed by atoms with Gasteiger partial charge < -0.3 is 14.7 Å². The second-order valence-corrected chi connectivity index (χ2v) is 13.9. The third kappa shape index (κ3) is 9.49. The number of alkyl halides is 1. The van der Waals surface area contributed by atoms with Crippen molar-refractivity contribution in [1.29, 1.82) is 0 Å². The van der Waals surface area contributed by atoms with Gasteiger partial charge >= 0.3 is 6.09 Å². The molecule has 0 aliphatic carbocycles. The van der Waals surface area contributed by atoms with Gasteiger partial charge in [-0.15, -0.1) is 11.6 Å². The van der Waals surface area contributed by atoms with Gasteiger partial charge in [0.15, 0.2) is 5.75 Å². The average Bonchev–Trinajstić information content (AvgIpc) is 2.79. The molecule has 1 unspecified atom stereocenters. The molecule has 1 amide bonds. The molecule has 7 nitrogen and oxygen atoms in total. The van der Waals surface area contributed by atoms with Crippen molar-refractivity contribution < 1.29 is 23.1 Å². The van der Waals surface area contributed by atoms with Gasteiger partial charge in [-0.05, 0) is 55.9 Å². The van der Waals surface area contributed by atoms with Crippen LogP contribution in [0.5, 0.6) is 5.75 Å². The Hall–Kier alpha value is -1.71. The van der Waals surface area contributed by atoms with Crippen LogP contribution < -0.4 is 0 Å². The van der Waals surface area contributed by atoms with Gasteiger partial charge in [-0.2, -0.15) is 4.31 Å². The Balaban J connectivity index is 2.38. The zero-order valence-corrected chi connectivity index (χ0v) is 25.8. The van der Waals surface area contributed by atoms with E-state index in [1.54, 1.807) is 4.90 Å². The standard InChI is InChI=1S/C27H37Cl3N2O5S/c1-18(2)14-32(38(35,36)24-12-22(29)11-23(30)25(24)33)17-21-9-7-8-20(10-21)16-31(15-19(3)13-28)26(34)37-27(4,5)6/h7-12,18-19,33H,13-17H2,1-6H3. The number of hydrogen-bond donors (Lipinski definition) is 1. The summed E-state index contributed by atoms with van der Waals surface area (Å²) in [5.41, 5.74) is 0.876. The number of benzene rings is 2. The molecular formula is C27H37Cl3N2O5S. The van der Waals surface area contributed by atoms with Crippen LogP contribution >= 0.6 is 34.8 Å². The van der Waals surface area contributed by atoms with Gasteiger partial charge in [0.1, 0.15) is 10.5 Å². The molecule has 0 bridgehead atoms. The van der Waals surface area contributed by atoms with Gasteiger partial charge in [-0.25, -0.2) is 13.2 Å². The van der Waals surface area contributed by atoms with Gasteiger partial charge in [-0.1, -0.05) is 68.2 Å². The number of ether oxygens (including phenoxy) is 1. The van der Waals surface area contributed by atoms with Crippen LogP contribution in [0.2, 0.25) is 10.0 Å². The van der Waals surface area contributed by atoms with Crippen molar-refractivity contribution >= 4 is 50.9 Å². The zero-order chi connectivity index (χ0) is 28.8. The Kier molecular flexibility index (Phi) is 11.6. The van der Waals surface area contributed by atoms with E-state index in [0.717, 1.165) is 5.56 Å². The Bertz CT molecular complexity index is 1220. The molecule has 2 aromatic rings. The molecule has 2 aromatic carbocycles. The fraction of sp³-hybridized carbons (Fsp3) is 0.519. The number of aromatic hydroxyl groups is 1. The highest BCUT2D eigenvalue weighted by Crippen LogP contribution is 2.36. The van der Waals surface area contributed by atoms with Crippen LogP contribution in [0.3, 0.4) is 0 Å². The molecule has 0 saturated heterocycles. The third-order valence-electron chi connectivity index (χ3n) is 5.35. The number of amides is 1. The highest BCUT2D eigenvalue weighted by molar-refractivity contribution is 7.89. The van der Waals surface area contributed by atoms with Crippen molar-refractivity contribution in [2.45, 2.75) is 65.1 Å². The number of rotatable bonds is 11. The first-order chi connectivity index (χ1) is 17.5. The molecule has 1 N–H and O–H groups in total. The Labute approximate surface area is 241 Å². The minimum absolute atomic E-state index is 0.00413. The lowest BCUT2D eigenvalue weighted by molar-refractivity contribution is 0.0212. The summed E-state index contributed by atoms with van der Waals surface area (Å²) < 4.78 is 34.1. The minimum Gasteiger partial charge on any atom is -0.505 e. The van der Waals surface area contributed by atoms with E-state index in [9.17, 15) is 18.3 Å². The van der Waals surface area contributed by atoms with E-state index < -0.39 is 27.5 Å². The maximum Gasteiger partial charge on any atom is 0.410 e. The maximum atomic E-state index is 13.6.